The van der Waals surface area contributed by atoms with Crippen molar-refractivity contribution in [3.05, 3.63) is 41.7 Å². The van der Waals surface area contributed by atoms with Gasteiger partial charge in [0, 0.05) is 37.1 Å². The fourth-order valence-electron chi connectivity index (χ4n) is 2.55. The third-order valence-corrected chi connectivity index (χ3v) is 3.68. The van der Waals surface area contributed by atoms with Crippen molar-refractivity contribution in [1.82, 2.24) is 19.4 Å². The topological polar surface area (TPSA) is 51.9 Å². The van der Waals surface area contributed by atoms with Crippen molar-refractivity contribution in [2.45, 2.75) is 46.2 Å². The number of nitrogens with one attached hydrogen (secondary N) is 1. The van der Waals surface area contributed by atoms with Crippen molar-refractivity contribution < 1.29 is 13.6 Å². The molecule has 2 heterocycles. The fraction of sp³-hybridized carbons (Fsp3) is 0.500. The molecule has 1 amide bonds. The summed E-state index contributed by atoms with van der Waals surface area (Å²) in [6, 6.07) is 2.94. The molecule has 0 aliphatic rings. The van der Waals surface area contributed by atoms with Crippen molar-refractivity contribution >= 4 is 5.91 Å². The number of alkyl halides is 2. The summed E-state index contributed by atoms with van der Waals surface area (Å²) in [5.74, 6) is 0.850. The molecule has 0 fully saturated rings. The van der Waals surface area contributed by atoms with Crippen LogP contribution in [0.1, 0.15) is 54.7 Å². The van der Waals surface area contributed by atoms with E-state index in [-0.39, 0.29) is 5.69 Å². The third-order valence-electron chi connectivity index (χ3n) is 3.68. The monoisotopic (exact) mass is 324 g/mol. The van der Waals surface area contributed by atoms with Crippen molar-refractivity contribution in [3.63, 3.8) is 0 Å². The Bertz CT molecular complexity index is 661. The van der Waals surface area contributed by atoms with E-state index >= 15 is 0 Å². The first-order valence-electron chi connectivity index (χ1n) is 7.67. The van der Waals surface area contributed by atoms with E-state index in [0.29, 0.717) is 24.6 Å². The van der Waals surface area contributed by atoms with Crippen LogP contribution in [0.4, 0.5) is 8.78 Å². The highest BCUT2D eigenvalue weighted by atomic mass is 19.3. The lowest BCUT2D eigenvalue weighted by atomic mass is 10.2. The molecule has 0 aliphatic heterocycles. The van der Waals surface area contributed by atoms with Gasteiger partial charge in [0.1, 0.15) is 11.5 Å². The lowest BCUT2D eigenvalue weighted by Crippen LogP contribution is -2.28. The van der Waals surface area contributed by atoms with E-state index in [2.05, 4.69) is 24.1 Å². The van der Waals surface area contributed by atoms with Gasteiger partial charge in [-0.15, -0.1) is 0 Å². The van der Waals surface area contributed by atoms with E-state index in [1.165, 1.54) is 12.1 Å². The summed E-state index contributed by atoms with van der Waals surface area (Å²) in [6.07, 6.45) is 4.37. The molecule has 0 unspecified atom stereocenters. The first-order chi connectivity index (χ1) is 10.9. The lowest BCUT2D eigenvalue weighted by Gasteiger charge is -2.12. The van der Waals surface area contributed by atoms with Gasteiger partial charge >= 0.3 is 6.55 Å². The SMILES string of the molecule is Cc1ccc(C(=O)NCCCn2ccnc2C(C)C)n1C(F)F. The number of hydrogen-bond acceptors (Lipinski definition) is 2. The summed E-state index contributed by atoms with van der Waals surface area (Å²) >= 11 is 0. The zero-order valence-electron chi connectivity index (χ0n) is 13.6. The Balaban J connectivity index is 1.87. The maximum absolute atomic E-state index is 12.9. The van der Waals surface area contributed by atoms with Gasteiger partial charge in [0.2, 0.25) is 0 Å². The summed E-state index contributed by atoms with van der Waals surface area (Å²) < 4.78 is 28.7. The summed E-state index contributed by atoms with van der Waals surface area (Å²) in [7, 11) is 0. The molecule has 0 bridgehead atoms. The zero-order valence-corrected chi connectivity index (χ0v) is 13.6. The van der Waals surface area contributed by atoms with Gasteiger partial charge in [-0.1, -0.05) is 13.8 Å². The van der Waals surface area contributed by atoms with Gasteiger partial charge in [0.15, 0.2) is 0 Å². The molecule has 126 valence electrons. The van der Waals surface area contributed by atoms with Crippen molar-refractivity contribution in [2.24, 2.45) is 0 Å². The number of amides is 1. The van der Waals surface area contributed by atoms with Crippen molar-refractivity contribution in [1.29, 1.82) is 0 Å². The number of hydrogen-bond donors (Lipinski definition) is 1. The molecule has 0 radical (unpaired) electrons. The van der Waals surface area contributed by atoms with Gasteiger partial charge in [-0.25, -0.2) is 4.98 Å². The predicted octanol–water partition coefficient (Wildman–Crippen LogP) is 3.33. The van der Waals surface area contributed by atoms with Crippen molar-refractivity contribution in [2.75, 3.05) is 6.54 Å². The molecule has 7 heteroatoms. The second-order valence-corrected chi connectivity index (χ2v) is 5.75. The van der Waals surface area contributed by atoms with Gasteiger partial charge < -0.3 is 9.88 Å². The average Bonchev–Trinajstić information content (AvgIpc) is 3.09. The van der Waals surface area contributed by atoms with Gasteiger partial charge in [0.25, 0.3) is 5.91 Å². The van der Waals surface area contributed by atoms with Crippen LogP contribution in [0.25, 0.3) is 0 Å². The largest absolute Gasteiger partial charge is 0.351 e. The fourth-order valence-corrected chi connectivity index (χ4v) is 2.55. The molecule has 2 rings (SSSR count). The normalized spacial score (nSPS) is 11.4. The minimum Gasteiger partial charge on any atom is -0.351 e. The molecule has 0 aliphatic carbocycles. The van der Waals surface area contributed by atoms with E-state index in [9.17, 15) is 13.6 Å². The summed E-state index contributed by atoms with van der Waals surface area (Å²) in [6.45, 7) is 4.12. The second kappa shape index (κ2) is 7.39. The highest BCUT2D eigenvalue weighted by molar-refractivity contribution is 5.92. The number of carbonyl (C=O) groups is 1. The van der Waals surface area contributed by atoms with Crippen LogP contribution in [-0.2, 0) is 6.54 Å². The first kappa shape index (κ1) is 17.2. The molecule has 1 N–H and O–H groups in total. The number of imidazole rings is 1. The van der Waals surface area contributed by atoms with Crippen LogP contribution < -0.4 is 5.32 Å². The minimum atomic E-state index is -2.72. The molecule has 0 aromatic carbocycles. The third kappa shape index (κ3) is 3.97. The number of nitrogens with zero attached hydrogens (tertiary/aromatic N) is 3. The molecule has 0 atom stereocenters. The molecule has 0 saturated heterocycles. The van der Waals surface area contributed by atoms with Gasteiger partial charge in [-0.2, -0.15) is 8.78 Å². The van der Waals surface area contributed by atoms with Crippen LogP contribution in [0.5, 0.6) is 0 Å². The summed E-state index contributed by atoms with van der Waals surface area (Å²) in [5, 5.41) is 2.69. The smallest absolute Gasteiger partial charge is 0.319 e. The summed E-state index contributed by atoms with van der Waals surface area (Å²) in [5.41, 5.74) is 0.355. The molecule has 0 saturated carbocycles. The molecule has 5 nitrogen and oxygen atoms in total. The Hall–Kier alpha value is -2.18. The number of aromatic nitrogens is 3. The molecule has 2 aromatic heterocycles. The average molecular weight is 324 g/mol. The molecule has 23 heavy (non-hydrogen) atoms. The van der Waals surface area contributed by atoms with Gasteiger partial charge in [0.05, 0.1) is 0 Å². The van der Waals surface area contributed by atoms with E-state index in [1.807, 2.05) is 10.8 Å². The van der Waals surface area contributed by atoms with Crippen molar-refractivity contribution in [3.8, 4) is 0 Å². The Morgan fingerprint density at radius 1 is 1.35 bits per heavy atom. The summed E-state index contributed by atoms with van der Waals surface area (Å²) in [4.78, 5) is 16.3. The molecule has 2 aromatic rings. The first-order valence-corrected chi connectivity index (χ1v) is 7.67. The van der Waals surface area contributed by atoms with Crippen LogP contribution in [-0.4, -0.2) is 26.6 Å². The Kier molecular flexibility index (Phi) is 5.52. The van der Waals surface area contributed by atoms with Crippen LogP contribution >= 0.6 is 0 Å². The maximum Gasteiger partial charge on any atom is 0.319 e. The van der Waals surface area contributed by atoms with Gasteiger partial charge in [-0.05, 0) is 25.5 Å². The standard InChI is InChI=1S/C16H22F2N4O/c1-11(2)14-19-8-10-21(14)9-4-7-20-15(23)13-6-5-12(3)22(13)16(17)18/h5-6,8,10-11,16H,4,7,9H2,1-3H3,(H,20,23). The Labute approximate surface area is 134 Å². The predicted molar refractivity (Wildman–Crippen MR) is 83.7 cm³/mol. The van der Waals surface area contributed by atoms with Gasteiger partial charge in [-0.3, -0.25) is 9.36 Å². The second-order valence-electron chi connectivity index (χ2n) is 5.75. The van der Waals surface area contributed by atoms with E-state index in [0.717, 1.165) is 16.9 Å². The van der Waals surface area contributed by atoms with Crippen LogP contribution in [0, 0.1) is 6.92 Å². The van der Waals surface area contributed by atoms with E-state index < -0.39 is 12.5 Å². The molecular formula is C16H22F2N4O. The van der Waals surface area contributed by atoms with Crippen LogP contribution in [0.15, 0.2) is 24.5 Å². The molecule has 0 spiro atoms. The lowest BCUT2D eigenvalue weighted by molar-refractivity contribution is 0.0618. The van der Waals surface area contributed by atoms with Crippen LogP contribution in [0.2, 0.25) is 0 Å². The quantitative estimate of drug-likeness (QED) is 0.794. The number of carbonyl (C=O) groups excluding carboxylic acids is 1. The van der Waals surface area contributed by atoms with E-state index in [1.54, 1.807) is 13.1 Å². The van der Waals surface area contributed by atoms with E-state index in [4.69, 9.17) is 0 Å². The Morgan fingerprint density at radius 3 is 2.74 bits per heavy atom. The molecular weight excluding hydrogens is 302 g/mol. The highest BCUT2D eigenvalue weighted by Gasteiger charge is 2.18. The number of rotatable bonds is 7. The number of aryl methyl sites for hydroxylation is 2. The number of halogens is 2. The Morgan fingerprint density at radius 2 is 2.09 bits per heavy atom. The maximum atomic E-state index is 12.9. The van der Waals surface area contributed by atoms with Crippen LogP contribution in [0.3, 0.4) is 0 Å². The minimum absolute atomic E-state index is 0.0111. The highest BCUT2D eigenvalue weighted by Crippen LogP contribution is 2.18. The zero-order chi connectivity index (χ0) is 17.0.